The van der Waals surface area contributed by atoms with E-state index >= 15 is 0 Å². The number of hydrogen-bond donors (Lipinski definition) is 2. The summed E-state index contributed by atoms with van der Waals surface area (Å²) in [4.78, 5) is 10.9. The van der Waals surface area contributed by atoms with Crippen molar-refractivity contribution >= 4 is 11.6 Å². The van der Waals surface area contributed by atoms with E-state index in [2.05, 4.69) is 5.10 Å². The predicted octanol–water partition coefficient (Wildman–Crippen LogP) is 0.562. The first kappa shape index (κ1) is 11.0. The molecule has 2 rings (SSSR count). The fraction of sp³-hybridized carbons (Fsp3) is 0.0909. The highest BCUT2D eigenvalue weighted by Crippen LogP contribution is 2.21. The van der Waals surface area contributed by atoms with Crippen LogP contribution in [0.1, 0.15) is 10.5 Å². The Morgan fingerprint density at radius 3 is 2.76 bits per heavy atom. The summed E-state index contributed by atoms with van der Waals surface area (Å²) in [6.07, 6.45) is 1.63. The van der Waals surface area contributed by atoms with Crippen molar-refractivity contribution in [3.63, 3.8) is 0 Å². The number of ether oxygens (including phenoxy) is 1. The van der Waals surface area contributed by atoms with Gasteiger partial charge in [-0.1, -0.05) is 0 Å². The van der Waals surface area contributed by atoms with Gasteiger partial charge in [-0.15, -0.1) is 0 Å². The second kappa shape index (κ2) is 4.17. The molecule has 2 aromatic rings. The highest BCUT2D eigenvalue weighted by molar-refractivity contribution is 5.90. The molecule has 6 nitrogen and oxygen atoms in total. The summed E-state index contributed by atoms with van der Waals surface area (Å²) >= 11 is 0. The first-order valence-electron chi connectivity index (χ1n) is 4.90. The lowest BCUT2D eigenvalue weighted by Gasteiger charge is -2.06. The van der Waals surface area contributed by atoms with E-state index in [4.69, 9.17) is 16.2 Å². The van der Waals surface area contributed by atoms with Crippen LogP contribution in [0.5, 0.6) is 5.75 Å². The molecule has 0 bridgehead atoms. The third-order valence-electron chi connectivity index (χ3n) is 2.26. The maximum atomic E-state index is 10.9. The third kappa shape index (κ3) is 2.20. The maximum Gasteiger partial charge on any atom is 0.269 e. The maximum absolute atomic E-state index is 10.9. The van der Waals surface area contributed by atoms with Crippen LogP contribution in [0.15, 0.2) is 30.5 Å². The Morgan fingerprint density at radius 1 is 1.41 bits per heavy atom. The van der Waals surface area contributed by atoms with Crippen molar-refractivity contribution in [1.82, 2.24) is 9.78 Å². The third-order valence-corrected chi connectivity index (χ3v) is 2.26. The number of methoxy groups -OCH3 is 1. The smallest absolute Gasteiger partial charge is 0.269 e. The predicted molar refractivity (Wildman–Crippen MR) is 63.0 cm³/mol. The van der Waals surface area contributed by atoms with Crippen molar-refractivity contribution in [1.29, 1.82) is 0 Å². The molecule has 0 spiro atoms. The van der Waals surface area contributed by atoms with Gasteiger partial charge in [0.2, 0.25) is 0 Å². The molecule has 0 unspecified atom stereocenters. The SMILES string of the molecule is COc1cc(N)cc(-n2ccc(C(N)=O)n2)c1. The second-order valence-corrected chi connectivity index (χ2v) is 3.47. The molecular formula is C11H12N4O2. The van der Waals surface area contributed by atoms with E-state index in [1.165, 1.54) is 10.7 Å². The standard InChI is InChI=1S/C11H12N4O2/c1-17-9-5-7(12)4-8(6-9)15-3-2-10(14-15)11(13)16/h2-6H,12H2,1H3,(H2,13,16). The van der Waals surface area contributed by atoms with Crippen LogP contribution < -0.4 is 16.2 Å². The van der Waals surface area contributed by atoms with Gasteiger partial charge in [-0.3, -0.25) is 4.79 Å². The minimum atomic E-state index is -0.570. The highest BCUT2D eigenvalue weighted by atomic mass is 16.5. The molecule has 1 aromatic carbocycles. The Bertz CT molecular complexity index is 562. The van der Waals surface area contributed by atoms with Gasteiger partial charge in [0, 0.05) is 24.0 Å². The quantitative estimate of drug-likeness (QED) is 0.756. The van der Waals surface area contributed by atoms with Crippen molar-refractivity contribution in [3.8, 4) is 11.4 Å². The van der Waals surface area contributed by atoms with Crippen LogP contribution in [0, 0.1) is 0 Å². The molecule has 1 heterocycles. The number of carbonyl (C=O) groups is 1. The van der Waals surface area contributed by atoms with Crippen LogP contribution in [-0.4, -0.2) is 22.8 Å². The van der Waals surface area contributed by atoms with E-state index in [9.17, 15) is 4.79 Å². The van der Waals surface area contributed by atoms with Crippen LogP contribution in [0.2, 0.25) is 0 Å². The Balaban J connectivity index is 2.44. The molecule has 4 N–H and O–H groups in total. The minimum Gasteiger partial charge on any atom is -0.497 e. The minimum absolute atomic E-state index is 0.200. The number of nitrogens with zero attached hydrogens (tertiary/aromatic N) is 2. The average molecular weight is 232 g/mol. The number of rotatable bonds is 3. The van der Waals surface area contributed by atoms with E-state index in [-0.39, 0.29) is 5.69 Å². The highest BCUT2D eigenvalue weighted by Gasteiger charge is 2.07. The van der Waals surface area contributed by atoms with Gasteiger partial charge in [-0.05, 0) is 12.1 Å². The lowest BCUT2D eigenvalue weighted by molar-refractivity contribution is 0.0995. The molecule has 0 fully saturated rings. The molecule has 17 heavy (non-hydrogen) atoms. The number of hydrogen-bond acceptors (Lipinski definition) is 4. The fourth-order valence-corrected chi connectivity index (χ4v) is 1.46. The van der Waals surface area contributed by atoms with Gasteiger partial charge in [-0.25, -0.2) is 4.68 Å². The number of nitrogen functional groups attached to an aromatic ring is 1. The first-order valence-corrected chi connectivity index (χ1v) is 4.90. The molecule has 0 saturated heterocycles. The number of amides is 1. The van der Waals surface area contributed by atoms with Crippen molar-refractivity contribution in [2.45, 2.75) is 0 Å². The summed E-state index contributed by atoms with van der Waals surface area (Å²) in [6.45, 7) is 0. The number of aromatic nitrogens is 2. The Hall–Kier alpha value is -2.50. The molecule has 0 atom stereocenters. The topological polar surface area (TPSA) is 96.2 Å². The largest absolute Gasteiger partial charge is 0.497 e. The number of nitrogens with two attached hydrogens (primary N) is 2. The van der Waals surface area contributed by atoms with Gasteiger partial charge >= 0.3 is 0 Å². The average Bonchev–Trinajstić information content (AvgIpc) is 2.77. The zero-order valence-electron chi connectivity index (χ0n) is 9.25. The van der Waals surface area contributed by atoms with Gasteiger partial charge in [0.25, 0.3) is 5.91 Å². The Morgan fingerprint density at radius 2 is 2.18 bits per heavy atom. The van der Waals surface area contributed by atoms with Gasteiger partial charge in [-0.2, -0.15) is 5.10 Å². The molecule has 0 saturated carbocycles. The molecule has 1 amide bonds. The second-order valence-electron chi connectivity index (χ2n) is 3.47. The number of benzene rings is 1. The molecular weight excluding hydrogens is 220 g/mol. The van der Waals surface area contributed by atoms with E-state index in [1.54, 1.807) is 31.5 Å². The van der Waals surface area contributed by atoms with E-state index < -0.39 is 5.91 Å². The normalized spacial score (nSPS) is 10.2. The van der Waals surface area contributed by atoms with Crippen LogP contribution in [0.4, 0.5) is 5.69 Å². The lowest BCUT2D eigenvalue weighted by atomic mass is 10.2. The lowest BCUT2D eigenvalue weighted by Crippen LogP contribution is -2.12. The molecule has 6 heteroatoms. The molecule has 1 aromatic heterocycles. The van der Waals surface area contributed by atoms with Crippen LogP contribution in [-0.2, 0) is 0 Å². The summed E-state index contributed by atoms with van der Waals surface area (Å²) in [7, 11) is 1.55. The summed E-state index contributed by atoms with van der Waals surface area (Å²) in [6, 6.07) is 6.72. The summed E-state index contributed by atoms with van der Waals surface area (Å²) < 4.78 is 6.61. The summed E-state index contributed by atoms with van der Waals surface area (Å²) in [5.74, 6) is 0.0516. The zero-order valence-corrected chi connectivity index (χ0v) is 9.25. The summed E-state index contributed by atoms with van der Waals surface area (Å²) in [5, 5.41) is 4.03. The molecule has 0 radical (unpaired) electrons. The van der Waals surface area contributed by atoms with Crippen LogP contribution in [0.3, 0.4) is 0 Å². The van der Waals surface area contributed by atoms with Crippen LogP contribution >= 0.6 is 0 Å². The fourth-order valence-electron chi connectivity index (χ4n) is 1.46. The number of carbonyl (C=O) groups excluding carboxylic acids is 1. The molecule has 0 aliphatic carbocycles. The molecule has 0 aliphatic heterocycles. The van der Waals surface area contributed by atoms with Gasteiger partial charge in [0.15, 0.2) is 0 Å². The van der Waals surface area contributed by atoms with Crippen molar-refractivity contribution in [3.05, 3.63) is 36.2 Å². The van der Waals surface area contributed by atoms with Gasteiger partial charge in [0.05, 0.1) is 12.8 Å². The Kier molecular flexibility index (Phi) is 2.70. The first-order chi connectivity index (χ1) is 8.10. The van der Waals surface area contributed by atoms with Crippen molar-refractivity contribution < 1.29 is 9.53 Å². The van der Waals surface area contributed by atoms with E-state index in [0.29, 0.717) is 17.1 Å². The molecule has 0 aliphatic rings. The van der Waals surface area contributed by atoms with Crippen LogP contribution in [0.25, 0.3) is 5.69 Å². The van der Waals surface area contributed by atoms with E-state index in [1.807, 2.05) is 0 Å². The monoisotopic (exact) mass is 232 g/mol. The van der Waals surface area contributed by atoms with Gasteiger partial charge < -0.3 is 16.2 Å². The van der Waals surface area contributed by atoms with Crippen molar-refractivity contribution in [2.75, 3.05) is 12.8 Å². The summed E-state index contributed by atoms with van der Waals surface area (Å²) in [5.41, 5.74) is 12.3. The van der Waals surface area contributed by atoms with Crippen molar-refractivity contribution in [2.24, 2.45) is 5.73 Å². The number of primary amides is 1. The number of anilines is 1. The van der Waals surface area contributed by atoms with Gasteiger partial charge in [0.1, 0.15) is 11.4 Å². The van der Waals surface area contributed by atoms with E-state index in [0.717, 1.165) is 0 Å². The molecule has 88 valence electrons. The Labute approximate surface area is 97.8 Å². The zero-order chi connectivity index (χ0) is 12.4.